The predicted molar refractivity (Wildman–Crippen MR) is 64.0 cm³/mol. The largest absolute Gasteiger partial charge is 0.353 e. The molecule has 0 atom stereocenters. The molecule has 0 bridgehead atoms. The molecular weight excluding hydrogens is 190 g/mol. The number of rotatable bonds is 5. The zero-order valence-corrected chi connectivity index (χ0v) is 11.5. The second-order valence-corrected chi connectivity index (χ2v) is 5.84. The first-order chi connectivity index (χ1) is 6.58. The Hall–Kier alpha value is -0.120. The van der Waals surface area contributed by atoms with Crippen molar-refractivity contribution in [3.05, 3.63) is 0 Å². The van der Waals surface area contributed by atoms with Crippen molar-refractivity contribution in [1.82, 2.24) is 5.32 Å². The first-order valence-corrected chi connectivity index (χ1v) is 5.43. The van der Waals surface area contributed by atoms with Gasteiger partial charge in [-0.2, -0.15) is 0 Å². The molecule has 0 aromatic carbocycles. The molecule has 3 nitrogen and oxygen atoms in total. The van der Waals surface area contributed by atoms with E-state index in [1.54, 1.807) is 14.2 Å². The Bertz CT molecular complexity index is 190. The Labute approximate surface area is 94.5 Å². The smallest absolute Gasteiger partial charge is 0.170 e. The van der Waals surface area contributed by atoms with Gasteiger partial charge in [-0.1, -0.05) is 13.8 Å². The number of hydrogen-bond acceptors (Lipinski definition) is 3. The summed E-state index contributed by atoms with van der Waals surface area (Å²) in [6, 6.07) is 0. The first-order valence-electron chi connectivity index (χ1n) is 5.43. The van der Waals surface area contributed by atoms with E-state index in [2.05, 4.69) is 39.9 Å². The fourth-order valence-electron chi connectivity index (χ4n) is 1.28. The summed E-state index contributed by atoms with van der Waals surface area (Å²) < 4.78 is 10.9. The molecule has 0 aliphatic carbocycles. The molecule has 0 aromatic rings. The predicted octanol–water partition coefficient (Wildman–Crippen LogP) is 2.41. The topological polar surface area (TPSA) is 30.5 Å². The van der Waals surface area contributed by atoms with Crippen LogP contribution in [-0.2, 0) is 9.47 Å². The maximum absolute atomic E-state index is 5.45. The lowest BCUT2D eigenvalue weighted by atomic mass is 9.83. The molecule has 0 aliphatic rings. The quantitative estimate of drug-likeness (QED) is 0.717. The first kappa shape index (κ1) is 14.9. The van der Waals surface area contributed by atoms with Gasteiger partial charge in [-0.25, -0.2) is 0 Å². The Morgan fingerprint density at radius 1 is 0.867 bits per heavy atom. The van der Waals surface area contributed by atoms with Crippen LogP contribution in [0.2, 0.25) is 0 Å². The monoisotopic (exact) mass is 217 g/mol. The van der Waals surface area contributed by atoms with E-state index in [9.17, 15) is 0 Å². The zero-order chi connectivity index (χ0) is 12.3. The van der Waals surface area contributed by atoms with E-state index < -0.39 is 5.79 Å². The lowest BCUT2D eigenvalue weighted by molar-refractivity contribution is -0.254. The van der Waals surface area contributed by atoms with Crippen LogP contribution in [0.3, 0.4) is 0 Å². The molecule has 15 heavy (non-hydrogen) atoms. The molecule has 0 heterocycles. The number of hydrogen-bond donors (Lipinski definition) is 1. The molecular formula is C12H27NO2. The van der Waals surface area contributed by atoms with Crippen molar-refractivity contribution in [3.8, 4) is 0 Å². The highest BCUT2D eigenvalue weighted by molar-refractivity contribution is 4.87. The van der Waals surface area contributed by atoms with E-state index in [0.29, 0.717) is 0 Å². The lowest BCUT2D eigenvalue weighted by Gasteiger charge is -2.43. The van der Waals surface area contributed by atoms with Gasteiger partial charge in [-0.05, 0) is 27.7 Å². The minimum absolute atomic E-state index is 0.0935. The van der Waals surface area contributed by atoms with Crippen molar-refractivity contribution in [2.24, 2.45) is 5.41 Å². The summed E-state index contributed by atoms with van der Waals surface area (Å²) in [6.45, 7) is 13.5. The summed E-state index contributed by atoms with van der Waals surface area (Å²) in [5.41, 5.74) is 0.0173. The van der Waals surface area contributed by atoms with Gasteiger partial charge in [0.15, 0.2) is 5.79 Å². The molecule has 0 saturated carbocycles. The van der Waals surface area contributed by atoms with Crippen LogP contribution in [0.25, 0.3) is 0 Å². The highest BCUT2D eigenvalue weighted by atomic mass is 16.7. The highest BCUT2D eigenvalue weighted by Gasteiger charge is 2.42. The van der Waals surface area contributed by atoms with Crippen molar-refractivity contribution < 1.29 is 9.47 Å². The van der Waals surface area contributed by atoms with Gasteiger partial charge < -0.3 is 14.8 Å². The Kier molecular flexibility index (Phi) is 4.77. The molecule has 0 fully saturated rings. The standard InChI is InChI=1S/C12H27NO2/c1-10(2,3)13-9-11(4,5)12(6,14-7)15-8/h13H,9H2,1-8H3. The van der Waals surface area contributed by atoms with Crippen LogP contribution in [-0.4, -0.2) is 32.1 Å². The fraction of sp³-hybridized carbons (Fsp3) is 1.00. The van der Waals surface area contributed by atoms with Crippen LogP contribution < -0.4 is 5.32 Å². The van der Waals surface area contributed by atoms with Crippen LogP contribution in [0.4, 0.5) is 0 Å². The summed E-state index contributed by atoms with van der Waals surface area (Å²) in [6.07, 6.45) is 0. The third-order valence-corrected chi connectivity index (χ3v) is 3.07. The van der Waals surface area contributed by atoms with Crippen molar-refractivity contribution in [1.29, 1.82) is 0 Å². The van der Waals surface area contributed by atoms with Gasteiger partial charge in [-0.3, -0.25) is 0 Å². The van der Waals surface area contributed by atoms with Crippen molar-refractivity contribution in [2.45, 2.75) is 52.9 Å². The summed E-state index contributed by atoms with van der Waals surface area (Å²) in [4.78, 5) is 0. The van der Waals surface area contributed by atoms with Gasteiger partial charge >= 0.3 is 0 Å². The Morgan fingerprint density at radius 2 is 1.27 bits per heavy atom. The maximum atomic E-state index is 5.45. The van der Waals surface area contributed by atoms with Gasteiger partial charge in [0, 0.05) is 31.7 Å². The molecule has 0 spiro atoms. The van der Waals surface area contributed by atoms with Crippen molar-refractivity contribution in [2.75, 3.05) is 20.8 Å². The third kappa shape index (κ3) is 4.09. The molecule has 1 N–H and O–H groups in total. The van der Waals surface area contributed by atoms with E-state index >= 15 is 0 Å². The normalized spacial score (nSPS) is 14.4. The van der Waals surface area contributed by atoms with Gasteiger partial charge in [-0.15, -0.1) is 0 Å². The fourth-order valence-corrected chi connectivity index (χ4v) is 1.28. The minimum Gasteiger partial charge on any atom is -0.353 e. The van der Waals surface area contributed by atoms with E-state index in [1.807, 2.05) is 6.92 Å². The van der Waals surface area contributed by atoms with E-state index in [4.69, 9.17) is 9.47 Å². The molecule has 0 rings (SSSR count). The number of ether oxygens (including phenoxy) is 2. The number of methoxy groups -OCH3 is 2. The molecule has 92 valence electrons. The van der Waals surface area contributed by atoms with Gasteiger partial charge in [0.1, 0.15) is 0 Å². The van der Waals surface area contributed by atoms with E-state index in [0.717, 1.165) is 6.54 Å². The van der Waals surface area contributed by atoms with Crippen LogP contribution in [0, 0.1) is 5.41 Å². The molecule has 3 heteroatoms. The molecule has 0 aromatic heterocycles. The third-order valence-electron chi connectivity index (χ3n) is 3.07. The summed E-state index contributed by atoms with van der Waals surface area (Å²) in [7, 11) is 3.37. The molecule has 0 amide bonds. The van der Waals surface area contributed by atoms with Crippen LogP contribution in [0.1, 0.15) is 41.5 Å². The maximum Gasteiger partial charge on any atom is 0.170 e. The van der Waals surface area contributed by atoms with Crippen LogP contribution in [0.15, 0.2) is 0 Å². The SMILES string of the molecule is COC(C)(OC)C(C)(C)CNC(C)(C)C. The summed E-state index contributed by atoms with van der Waals surface area (Å²) >= 11 is 0. The second kappa shape index (κ2) is 4.81. The van der Waals surface area contributed by atoms with Crippen LogP contribution in [0.5, 0.6) is 0 Å². The van der Waals surface area contributed by atoms with E-state index in [-0.39, 0.29) is 11.0 Å². The lowest BCUT2D eigenvalue weighted by Crippen LogP contribution is -2.53. The minimum atomic E-state index is -0.564. The zero-order valence-electron chi connectivity index (χ0n) is 11.5. The van der Waals surface area contributed by atoms with Crippen LogP contribution >= 0.6 is 0 Å². The Morgan fingerprint density at radius 3 is 1.53 bits per heavy atom. The van der Waals surface area contributed by atoms with Gasteiger partial charge in [0.05, 0.1) is 0 Å². The summed E-state index contributed by atoms with van der Waals surface area (Å²) in [5.74, 6) is -0.564. The van der Waals surface area contributed by atoms with Crippen molar-refractivity contribution >= 4 is 0 Å². The molecule has 0 unspecified atom stereocenters. The number of nitrogens with one attached hydrogen (secondary N) is 1. The molecule has 0 aliphatic heterocycles. The van der Waals surface area contributed by atoms with Gasteiger partial charge in [0.25, 0.3) is 0 Å². The van der Waals surface area contributed by atoms with Crippen molar-refractivity contribution in [3.63, 3.8) is 0 Å². The average Bonchev–Trinajstić information content (AvgIpc) is 2.12. The summed E-state index contributed by atoms with van der Waals surface area (Å²) in [5, 5.41) is 3.48. The molecule has 0 saturated heterocycles. The van der Waals surface area contributed by atoms with Gasteiger partial charge in [0.2, 0.25) is 0 Å². The Balaban J connectivity index is 4.53. The van der Waals surface area contributed by atoms with E-state index in [1.165, 1.54) is 0 Å². The highest BCUT2D eigenvalue weighted by Crippen LogP contribution is 2.33. The molecule has 0 radical (unpaired) electrons. The average molecular weight is 217 g/mol. The second-order valence-electron chi connectivity index (χ2n) is 5.84.